The molecule has 2 bridgehead atoms. The smallest absolute Gasteiger partial charge is 0.215 e. The Hall–Kier alpha value is -4.06. The van der Waals surface area contributed by atoms with Gasteiger partial charge in [0, 0.05) is 18.6 Å². The molecular weight excluding hydrogens is 420 g/mol. The van der Waals surface area contributed by atoms with E-state index in [4.69, 9.17) is 24.4 Å². The monoisotopic (exact) mass is 442 g/mol. The highest BCUT2D eigenvalue weighted by Crippen LogP contribution is 2.67. The van der Waals surface area contributed by atoms with Crippen LogP contribution < -0.4 is 9.47 Å². The summed E-state index contributed by atoms with van der Waals surface area (Å²) < 4.78 is 23.0. The number of ether oxygens (including phenoxy) is 4. The lowest BCUT2D eigenvalue weighted by atomic mass is 9.52. The summed E-state index contributed by atoms with van der Waals surface area (Å²) in [6.07, 6.45) is -0.932. The van der Waals surface area contributed by atoms with Crippen LogP contribution in [0.4, 0.5) is 0 Å². The van der Waals surface area contributed by atoms with Gasteiger partial charge in [-0.25, -0.2) is 0 Å². The number of benzene rings is 2. The molecule has 2 aromatic rings. The van der Waals surface area contributed by atoms with E-state index in [1.165, 1.54) is 14.2 Å². The highest BCUT2D eigenvalue weighted by atomic mass is 16.7. The van der Waals surface area contributed by atoms with Crippen LogP contribution in [0.5, 0.6) is 11.5 Å². The predicted molar refractivity (Wildman–Crippen MR) is 116 cm³/mol. The maximum absolute atomic E-state index is 10.5. The molecule has 8 heteroatoms. The molecule has 2 aliphatic heterocycles. The molecule has 2 fully saturated rings. The van der Waals surface area contributed by atoms with Gasteiger partial charge in [0.25, 0.3) is 0 Å². The third-order valence-corrected chi connectivity index (χ3v) is 6.72. The first-order chi connectivity index (χ1) is 15.9. The van der Waals surface area contributed by atoms with Gasteiger partial charge in [-0.3, -0.25) is 5.41 Å². The van der Waals surface area contributed by atoms with Gasteiger partial charge in [-0.05, 0) is 24.1 Å². The molecule has 2 saturated heterocycles. The topological polar surface area (TPSA) is 132 Å². The van der Waals surface area contributed by atoms with Gasteiger partial charge in [0.2, 0.25) is 17.1 Å². The standard InChI is InChI=1S/C25H22N4O4/c1-23-20(11-16-7-5-4-6-8-16)25(15-28,22(29)33-23)24(13-26,14-27)21(32-23)18-10-9-17(30-2)12-19(18)31-3/h4-10,12,20-21,29H,11H2,1-3H3. The van der Waals surface area contributed by atoms with Gasteiger partial charge in [0.1, 0.15) is 17.6 Å². The summed E-state index contributed by atoms with van der Waals surface area (Å²) in [5.74, 6) is -1.79. The van der Waals surface area contributed by atoms with E-state index in [0.717, 1.165) is 5.56 Å². The SMILES string of the molecule is COc1ccc(C2OC3(C)OC(=N)C(C#N)(C3Cc3ccccc3)C2(C#N)C#N)c(OC)c1. The van der Waals surface area contributed by atoms with Gasteiger partial charge in [0.05, 0.1) is 38.3 Å². The van der Waals surface area contributed by atoms with E-state index in [9.17, 15) is 15.8 Å². The fraction of sp³-hybridized carbons (Fsp3) is 0.360. The van der Waals surface area contributed by atoms with Crippen LogP contribution in [0.15, 0.2) is 48.5 Å². The highest BCUT2D eigenvalue weighted by Gasteiger charge is 2.79. The second-order valence-electron chi connectivity index (χ2n) is 8.25. The van der Waals surface area contributed by atoms with Crippen LogP contribution in [0.2, 0.25) is 0 Å². The number of hydrogen-bond donors (Lipinski definition) is 1. The molecule has 1 N–H and O–H groups in total. The van der Waals surface area contributed by atoms with Gasteiger partial charge in [0.15, 0.2) is 5.41 Å². The van der Waals surface area contributed by atoms with Crippen molar-refractivity contribution in [3.63, 3.8) is 0 Å². The molecule has 0 amide bonds. The van der Waals surface area contributed by atoms with E-state index in [1.54, 1.807) is 25.1 Å². The number of hydrogen-bond acceptors (Lipinski definition) is 8. The minimum absolute atomic E-state index is 0.283. The maximum atomic E-state index is 10.5. The van der Waals surface area contributed by atoms with Crippen LogP contribution in [0.1, 0.15) is 24.2 Å². The summed E-state index contributed by atoms with van der Waals surface area (Å²) in [5, 5.41) is 40.0. The lowest BCUT2D eigenvalue weighted by Crippen LogP contribution is -2.59. The number of fused-ring (bicyclic) bond motifs is 2. The summed E-state index contributed by atoms with van der Waals surface area (Å²) in [7, 11) is 2.96. The zero-order chi connectivity index (χ0) is 23.9. The minimum Gasteiger partial charge on any atom is -0.497 e. The molecule has 33 heavy (non-hydrogen) atoms. The molecule has 0 radical (unpaired) electrons. The van der Waals surface area contributed by atoms with Gasteiger partial charge in [-0.2, -0.15) is 15.8 Å². The largest absolute Gasteiger partial charge is 0.497 e. The molecule has 8 nitrogen and oxygen atoms in total. The third-order valence-electron chi connectivity index (χ3n) is 6.72. The molecule has 0 saturated carbocycles. The normalized spacial score (nSPS) is 29.2. The van der Waals surface area contributed by atoms with Crippen LogP contribution in [0.3, 0.4) is 0 Å². The van der Waals surface area contributed by atoms with E-state index in [-0.39, 0.29) is 6.42 Å². The van der Waals surface area contributed by atoms with E-state index < -0.39 is 34.5 Å². The molecule has 0 aliphatic carbocycles. The second-order valence-corrected chi connectivity index (χ2v) is 8.25. The average molecular weight is 442 g/mol. The van der Waals surface area contributed by atoms with Crippen LogP contribution in [0.25, 0.3) is 0 Å². The van der Waals surface area contributed by atoms with E-state index in [2.05, 4.69) is 18.2 Å². The Morgan fingerprint density at radius 2 is 1.70 bits per heavy atom. The third kappa shape index (κ3) is 2.87. The molecule has 2 heterocycles. The fourth-order valence-corrected chi connectivity index (χ4v) is 5.05. The molecule has 0 spiro atoms. The van der Waals surface area contributed by atoms with Crippen LogP contribution in [-0.4, -0.2) is 25.9 Å². The first-order valence-corrected chi connectivity index (χ1v) is 10.3. The van der Waals surface area contributed by atoms with Crippen molar-refractivity contribution in [2.45, 2.75) is 25.2 Å². The van der Waals surface area contributed by atoms with Gasteiger partial charge in [-0.15, -0.1) is 0 Å². The van der Waals surface area contributed by atoms with Crippen molar-refractivity contribution in [2.24, 2.45) is 16.7 Å². The predicted octanol–water partition coefficient (Wildman–Crippen LogP) is 3.90. The first-order valence-electron chi connectivity index (χ1n) is 10.3. The quantitative estimate of drug-likeness (QED) is 0.742. The Morgan fingerprint density at radius 3 is 2.27 bits per heavy atom. The number of rotatable bonds is 5. The molecule has 166 valence electrons. The summed E-state index contributed by atoms with van der Waals surface area (Å²) in [5.41, 5.74) is -2.67. The number of nitrogens with zero attached hydrogens (tertiary/aromatic N) is 3. The van der Waals surface area contributed by atoms with Crippen LogP contribution >= 0.6 is 0 Å². The second kappa shape index (κ2) is 7.81. The maximum Gasteiger partial charge on any atom is 0.215 e. The molecular formula is C25H22N4O4. The Labute approximate surface area is 192 Å². The van der Waals surface area contributed by atoms with Crippen molar-refractivity contribution in [1.82, 2.24) is 0 Å². The van der Waals surface area contributed by atoms with Crippen LogP contribution in [-0.2, 0) is 15.9 Å². The van der Waals surface area contributed by atoms with Crippen molar-refractivity contribution < 1.29 is 18.9 Å². The van der Waals surface area contributed by atoms with Gasteiger partial charge >= 0.3 is 0 Å². The number of nitrogens with one attached hydrogen (secondary N) is 1. The van der Waals surface area contributed by atoms with E-state index in [1.807, 2.05) is 30.3 Å². The fourth-order valence-electron chi connectivity index (χ4n) is 5.05. The Balaban J connectivity index is 1.95. The van der Waals surface area contributed by atoms with Crippen molar-refractivity contribution in [3.05, 3.63) is 59.7 Å². The molecule has 2 aromatic carbocycles. The van der Waals surface area contributed by atoms with Crippen molar-refractivity contribution >= 4 is 5.90 Å². The average Bonchev–Trinajstić information content (AvgIpc) is 3.00. The van der Waals surface area contributed by atoms with Gasteiger partial charge in [-0.1, -0.05) is 30.3 Å². The van der Waals surface area contributed by atoms with Crippen molar-refractivity contribution in [3.8, 4) is 29.7 Å². The summed E-state index contributed by atoms with van der Waals surface area (Å²) in [6.45, 7) is 1.65. The van der Waals surface area contributed by atoms with E-state index in [0.29, 0.717) is 17.1 Å². The Morgan fingerprint density at radius 1 is 1.00 bits per heavy atom. The van der Waals surface area contributed by atoms with Crippen molar-refractivity contribution in [2.75, 3.05) is 14.2 Å². The zero-order valence-electron chi connectivity index (χ0n) is 18.5. The number of nitriles is 3. The summed E-state index contributed by atoms with van der Waals surface area (Å²) >= 11 is 0. The highest BCUT2D eigenvalue weighted by molar-refractivity contribution is 5.89. The van der Waals surface area contributed by atoms with Gasteiger partial charge < -0.3 is 18.9 Å². The van der Waals surface area contributed by atoms with E-state index >= 15 is 0 Å². The zero-order valence-corrected chi connectivity index (χ0v) is 18.5. The summed E-state index contributed by atoms with van der Waals surface area (Å²) in [6, 6.07) is 20.6. The molecule has 2 aliphatic rings. The Bertz CT molecular complexity index is 1210. The molecule has 4 rings (SSSR count). The molecule has 4 unspecified atom stereocenters. The summed E-state index contributed by atoms with van der Waals surface area (Å²) in [4.78, 5) is 0. The van der Waals surface area contributed by atoms with Crippen LogP contribution in [0, 0.1) is 56.2 Å². The number of methoxy groups -OCH3 is 2. The minimum atomic E-state index is -2.07. The molecule has 0 aromatic heterocycles. The lowest BCUT2D eigenvalue weighted by Gasteiger charge is -2.49. The van der Waals surface area contributed by atoms with Crippen molar-refractivity contribution in [1.29, 1.82) is 21.2 Å². The molecule has 4 atom stereocenters. The Kier molecular flexibility index (Phi) is 5.24. The lowest BCUT2D eigenvalue weighted by molar-refractivity contribution is -0.272. The first kappa shape index (κ1) is 22.1.